The Balaban J connectivity index is 2.21. The van der Waals surface area contributed by atoms with E-state index in [-0.39, 0.29) is 6.42 Å². The lowest BCUT2D eigenvalue weighted by atomic mass is 9.93. The molecule has 1 atom stereocenters. The number of ether oxygens (including phenoxy) is 2. The Morgan fingerprint density at radius 2 is 2.16 bits per heavy atom. The van der Waals surface area contributed by atoms with Gasteiger partial charge in [-0.2, -0.15) is 5.26 Å². The van der Waals surface area contributed by atoms with Crippen LogP contribution in [0.15, 0.2) is 18.2 Å². The van der Waals surface area contributed by atoms with Crippen molar-refractivity contribution in [2.24, 2.45) is 5.92 Å². The number of methoxy groups -OCH3 is 1. The highest BCUT2D eigenvalue weighted by Crippen LogP contribution is 2.36. The predicted octanol–water partition coefficient (Wildman–Crippen LogP) is 2.61. The molecule has 1 aromatic rings. The second-order valence-corrected chi connectivity index (χ2v) is 5.23. The Morgan fingerprint density at radius 1 is 1.42 bits per heavy atom. The zero-order chi connectivity index (χ0) is 13.9. The number of nitriles is 1. The summed E-state index contributed by atoms with van der Waals surface area (Å²) in [5, 5.41) is 19.0. The van der Waals surface area contributed by atoms with Crippen LogP contribution in [0, 0.1) is 17.2 Å². The molecular formula is C15H19NO3. The molecule has 1 fully saturated rings. The number of hydrogen-bond donors (Lipinski definition) is 1. The second-order valence-electron chi connectivity index (χ2n) is 5.23. The van der Waals surface area contributed by atoms with E-state index in [9.17, 15) is 5.11 Å². The van der Waals surface area contributed by atoms with Gasteiger partial charge in [0.1, 0.15) is 0 Å². The van der Waals surface area contributed by atoms with E-state index in [0.717, 1.165) is 0 Å². The molecule has 1 aromatic carbocycles. The summed E-state index contributed by atoms with van der Waals surface area (Å²) >= 11 is 0. The topological polar surface area (TPSA) is 62.5 Å². The van der Waals surface area contributed by atoms with Gasteiger partial charge in [-0.25, -0.2) is 0 Å². The third-order valence-electron chi connectivity index (χ3n) is 3.38. The lowest BCUT2D eigenvalue weighted by Crippen LogP contribution is -2.20. The van der Waals surface area contributed by atoms with Crippen molar-refractivity contribution in [1.82, 2.24) is 0 Å². The highest BCUT2D eigenvalue weighted by atomic mass is 16.5. The van der Waals surface area contributed by atoms with Crippen molar-refractivity contribution >= 4 is 0 Å². The van der Waals surface area contributed by atoms with Gasteiger partial charge in [-0.15, -0.1) is 0 Å². The molecule has 4 nitrogen and oxygen atoms in total. The van der Waals surface area contributed by atoms with E-state index >= 15 is 0 Å². The summed E-state index contributed by atoms with van der Waals surface area (Å²) in [6.45, 7) is 2.31. The Kier molecular flexibility index (Phi) is 3.96. The number of aliphatic hydroxyl groups is 1. The van der Waals surface area contributed by atoms with Gasteiger partial charge in [0.05, 0.1) is 31.8 Å². The highest BCUT2D eigenvalue weighted by molar-refractivity contribution is 5.44. The molecule has 0 heterocycles. The minimum absolute atomic E-state index is 0.0430. The van der Waals surface area contributed by atoms with Gasteiger partial charge in [-0.1, -0.05) is 6.07 Å². The van der Waals surface area contributed by atoms with Crippen molar-refractivity contribution in [3.63, 3.8) is 0 Å². The summed E-state index contributed by atoms with van der Waals surface area (Å²) in [6, 6.07) is 7.29. The van der Waals surface area contributed by atoms with Gasteiger partial charge in [0, 0.05) is 0 Å². The minimum Gasteiger partial charge on any atom is -0.493 e. The monoisotopic (exact) mass is 261 g/mol. The molecule has 0 bridgehead atoms. The molecule has 19 heavy (non-hydrogen) atoms. The van der Waals surface area contributed by atoms with Crippen molar-refractivity contribution in [3.8, 4) is 17.6 Å². The average Bonchev–Trinajstić information content (AvgIpc) is 3.20. The summed E-state index contributed by atoms with van der Waals surface area (Å²) in [4.78, 5) is 0. The molecule has 0 aromatic heterocycles. The molecule has 0 amide bonds. The summed E-state index contributed by atoms with van der Waals surface area (Å²) in [6.07, 6.45) is 2.48. The highest BCUT2D eigenvalue weighted by Gasteiger charge is 2.26. The molecule has 0 radical (unpaired) electrons. The number of benzene rings is 1. The minimum atomic E-state index is -1.17. The first-order chi connectivity index (χ1) is 9.06. The van der Waals surface area contributed by atoms with Crippen LogP contribution < -0.4 is 9.47 Å². The van der Waals surface area contributed by atoms with E-state index in [4.69, 9.17) is 14.7 Å². The van der Waals surface area contributed by atoms with Crippen molar-refractivity contribution in [2.45, 2.75) is 31.8 Å². The van der Waals surface area contributed by atoms with Crippen LogP contribution in [-0.4, -0.2) is 18.8 Å². The van der Waals surface area contributed by atoms with Crippen LogP contribution in [0.3, 0.4) is 0 Å². The van der Waals surface area contributed by atoms with Gasteiger partial charge in [-0.05, 0) is 43.4 Å². The molecule has 2 rings (SSSR count). The van der Waals surface area contributed by atoms with E-state index in [1.807, 2.05) is 6.07 Å². The average molecular weight is 261 g/mol. The van der Waals surface area contributed by atoms with Gasteiger partial charge < -0.3 is 14.6 Å². The fraction of sp³-hybridized carbons (Fsp3) is 0.533. The zero-order valence-electron chi connectivity index (χ0n) is 11.3. The molecule has 4 heteroatoms. The molecule has 0 spiro atoms. The Morgan fingerprint density at radius 3 is 2.74 bits per heavy atom. The first kappa shape index (κ1) is 13.7. The third-order valence-corrected chi connectivity index (χ3v) is 3.38. The van der Waals surface area contributed by atoms with E-state index in [1.54, 1.807) is 32.2 Å². The first-order valence-electron chi connectivity index (χ1n) is 6.47. The van der Waals surface area contributed by atoms with Crippen LogP contribution in [0.4, 0.5) is 0 Å². The van der Waals surface area contributed by atoms with Crippen molar-refractivity contribution in [3.05, 3.63) is 23.8 Å². The molecule has 1 aliphatic carbocycles. The van der Waals surface area contributed by atoms with Crippen molar-refractivity contribution < 1.29 is 14.6 Å². The van der Waals surface area contributed by atoms with E-state index in [0.29, 0.717) is 29.6 Å². The third kappa shape index (κ3) is 3.39. The largest absolute Gasteiger partial charge is 0.493 e. The van der Waals surface area contributed by atoms with Crippen LogP contribution in [0.25, 0.3) is 0 Å². The molecule has 0 aliphatic heterocycles. The van der Waals surface area contributed by atoms with Gasteiger partial charge in [-0.3, -0.25) is 0 Å². The molecule has 1 unspecified atom stereocenters. The fourth-order valence-corrected chi connectivity index (χ4v) is 1.87. The fourth-order valence-electron chi connectivity index (χ4n) is 1.87. The maximum absolute atomic E-state index is 10.2. The summed E-state index contributed by atoms with van der Waals surface area (Å²) in [5.74, 6) is 1.93. The molecule has 1 aliphatic rings. The van der Waals surface area contributed by atoms with Crippen molar-refractivity contribution in [1.29, 1.82) is 5.26 Å². The van der Waals surface area contributed by atoms with Crippen LogP contribution >= 0.6 is 0 Å². The SMILES string of the molecule is COc1ccc(C(C)(O)CC#N)cc1OCC1CC1. The molecule has 102 valence electrons. The lowest BCUT2D eigenvalue weighted by molar-refractivity contribution is 0.0620. The number of hydrogen-bond acceptors (Lipinski definition) is 4. The maximum Gasteiger partial charge on any atom is 0.161 e. The van der Waals surface area contributed by atoms with Gasteiger partial charge >= 0.3 is 0 Å². The predicted molar refractivity (Wildman–Crippen MR) is 71.0 cm³/mol. The standard InChI is InChI=1S/C15H19NO3/c1-15(17,7-8-16)12-5-6-13(18-2)14(9-12)19-10-11-3-4-11/h5-6,9,11,17H,3-4,7,10H2,1-2H3. The van der Waals surface area contributed by atoms with Gasteiger partial charge in [0.25, 0.3) is 0 Å². The summed E-state index contributed by atoms with van der Waals surface area (Å²) in [5.41, 5.74) is -0.501. The lowest BCUT2D eigenvalue weighted by Gasteiger charge is -2.22. The van der Waals surface area contributed by atoms with Crippen LogP contribution in [0.2, 0.25) is 0 Å². The van der Waals surface area contributed by atoms with E-state index in [1.165, 1.54) is 12.8 Å². The smallest absolute Gasteiger partial charge is 0.161 e. The van der Waals surface area contributed by atoms with Crippen LogP contribution in [0.5, 0.6) is 11.5 Å². The summed E-state index contributed by atoms with van der Waals surface area (Å²) < 4.78 is 11.0. The number of rotatable bonds is 6. The molecule has 1 N–H and O–H groups in total. The first-order valence-corrected chi connectivity index (χ1v) is 6.47. The van der Waals surface area contributed by atoms with Crippen LogP contribution in [0.1, 0.15) is 31.7 Å². The second kappa shape index (κ2) is 5.50. The van der Waals surface area contributed by atoms with Crippen LogP contribution in [-0.2, 0) is 5.60 Å². The Labute approximate surface area is 113 Å². The van der Waals surface area contributed by atoms with E-state index < -0.39 is 5.60 Å². The number of nitrogens with zero attached hydrogens (tertiary/aromatic N) is 1. The zero-order valence-corrected chi connectivity index (χ0v) is 11.3. The Bertz CT molecular complexity index is 487. The van der Waals surface area contributed by atoms with Crippen molar-refractivity contribution in [2.75, 3.05) is 13.7 Å². The molecule has 0 saturated heterocycles. The van der Waals surface area contributed by atoms with Gasteiger partial charge in [0.15, 0.2) is 11.5 Å². The molecular weight excluding hydrogens is 242 g/mol. The quantitative estimate of drug-likeness (QED) is 0.855. The Hall–Kier alpha value is -1.73. The van der Waals surface area contributed by atoms with Gasteiger partial charge in [0.2, 0.25) is 0 Å². The summed E-state index contributed by atoms with van der Waals surface area (Å²) in [7, 11) is 1.59. The van der Waals surface area contributed by atoms with E-state index in [2.05, 4.69) is 0 Å². The molecule has 1 saturated carbocycles. The normalized spacial score (nSPS) is 17.4. The maximum atomic E-state index is 10.2.